The molecule has 0 fully saturated rings. The summed E-state index contributed by atoms with van der Waals surface area (Å²) in [5.74, 6) is 0.189. The second kappa shape index (κ2) is 7.58. The Balaban J connectivity index is 1.52. The van der Waals surface area contributed by atoms with Crippen molar-refractivity contribution in [3.8, 4) is 5.75 Å². The van der Waals surface area contributed by atoms with E-state index in [1.165, 1.54) is 6.07 Å². The van der Waals surface area contributed by atoms with Gasteiger partial charge in [0.05, 0.1) is 5.69 Å². The smallest absolute Gasteiger partial charge is 0.305 e. The number of amides is 2. The van der Waals surface area contributed by atoms with Gasteiger partial charge in [-0.15, -0.1) is 5.10 Å². The fourth-order valence-electron chi connectivity index (χ4n) is 1.92. The van der Waals surface area contributed by atoms with Crippen molar-refractivity contribution in [1.82, 2.24) is 20.4 Å². The molecular weight excluding hydrogens is 344 g/mol. The molecule has 0 aliphatic carbocycles. The molecule has 0 saturated heterocycles. The molecule has 0 radical (unpaired) electrons. The summed E-state index contributed by atoms with van der Waals surface area (Å²) < 4.78 is 14.6. The van der Waals surface area contributed by atoms with Crippen molar-refractivity contribution in [2.24, 2.45) is 0 Å². The molecule has 2 N–H and O–H groups in total. The number of hydrogen-bond acceptors (Lipinski definition) is 7. The van der Waals surface area contributed by atoms with Gasteiger partial charge < -0.3 is 9.15 Å². The maximum absolute atomic E-state index is 12.0. The first-order valence-electron chi connectivity index (χ1n) is 7.29. The molecule has 2 amide bonds. The van der Waals surface area contributed by atoms with Gasteiger partial charge in [0.1, 0.15) is 23.0 Å². The van der Waals surface area contributed by atoms with Gasteiger partial charge in [0.2, 0.25) is 0 Å². The minimum absolute atomic E-state index is 0.0612. The minimum Gasteiger partial charge on any atom is -0.486 e. The summed E-state index contributed by atoms with van der Waals surface area (Å²) in [4.78, 5) is 24.2. The van der Waals surface area contributed by atoms with Crippen LogP contribution in [0.3, 0.4) is 0 Å². The van der Waals surface area contributed by atoms with E-state index in [9.17, 15) is 9.59 Å². The number of para-hydroxylation sites is 1. The van der Waals surface area contributed by atoms with E-state index in [4.69, 9.17) is 9.15 Å². The first-order chi connectivity index (χ1) is 12.1. The molecule has 2 aromatic heterocycles. The zero-order chi connectivity index (χ0) is 17.6. The van der Waals surface area contributed by atoms with Crippen LogP contribution in [-0.4, -0.2) is 21.4 Å². The molecule has 25 heavy (non-hydrogen) atoms. The molecule has 0 aliphatic rings. The quantitative estimate of drug-likeness (QED) is 0.677. The number of carbonyl (C=O) groups is 2. The Hall–Kier alpha value is -3.20. The van der Waals surface area contributed by atoms with Crippen LogP contribution in [0.1, 0.15) is 31.7 Å². The number of hydrazine groups is 1. The van der Waals surface area contributed by atoms with Crippen molar-refractivity contribution in [1.29, 1.82) is 0 Å². The highest BCUT2D eigenvalue weighted by atomic mass is 32.1. The molecule has 0 bridgehead atoms. The number of nitrogens with one attached hydrogen (secondary N) is 2. The highest BCUT2D eigenvalue weighted by Gasteiger charge is 2.16. The standard InChI is InChI=1S/C16H14N4O4S/c1-10-14(25-20-17-10)16(22)19-18-15(21)13-8-7-12(24-13)9-23-11-5-3-2-4-6-11/h2-8H,9H2,1H3,(H,18,21)(H,19,22). The lowest BCUT2D eigenvalue weighted by Gasteiger charge is -2.05. The van der Waals surface area contributed by atoms with Crippen molar-refractivity contribution >= 4 is 23.3 Å². The zero-order valence-corrected chi connectivity index (χ0v) is 14.0. The number of hydrogen-bond donors (Lipinski definition) is 2. The Labute approximate surface area is 146 Å². The zero-order valence-electron chi connectivity index (χ0n) is 13.2. The van der Waals surface area contributed by atoms with Crippen molar-refractivity contribution in [2.45, 2.75) is 13.5 Å². The fraction of sp³-hybridized carbons (Fsp3) is 0.125. The molecule has 0 saturated carbocycles. The van der Waals surface area contributed by atoms with Gasteiger partial charge in [-0.2, -0.15) is 0 Å². The number of furan rings is 1. The molecule has 8 nitrogen and oxygen atoms in total. The van der Waals surface area contributed by atoms with Crippen LogP contribution in [0.2, 0.25) is 0 Å². The third-order valence-electron chi connectivity index (χ3n) is 3.16. The minimum atomic E-state index is -0.575. The maximum Gasteiger partial charge on any atom is 0.305 e. The van der Waals surface area contributed by atoms with Crippen LogP contribution in [-0.2, 0) is 6.61 Å². The molecule has 2 heterocycles. The van der Waals surface area contributed by atoms with Crippen LogP contribution in [0.4, 0.5) is 0 Å². The van der Waals surface area contributed by atoms with Crippen molar-refractivity contribution in [3.63, 3.8) is 0 Å². The van der Waals surface area contributed by atoms with E-state index in [-0.39, 0.29) is 12.4 Å². The highest BCUT2D eigenvalue weighted by molar-refractivity contribution is 7.07. The third-order valence-corrected chi connectivity index (χ3v) is 3.98. The Morgan fingerprint density at radius 1 is 1.12 bits per heavy atom. The lowest BCUT2D eigenvalue weighted by Crippen LogP contribution is -2.41. The molecule has 0 unspecified atom stereocenters. The molecule has 0 atom stereocenters. The summed E-state index contributed by atoms with van der Waals surface area (Å²) in [6, 6.07) is 12.4. The van der Waals surface area contributed by atoms with E-state index in [1.54, 1.807) is 13.0 Å². The van der Waals surface area contributed by atoms with E-state index in [1.807, 2.05) is 30.3 Å². The second-order valence-corrected chi connectivity index (χ2v) is 5.72. The molecule has 128 valence electrons. The highest BCUT2D eigenvalue weighted by Crippen LogP contribution is 2.14. The summed E-state index contributed by atoms with van der Waals surface area (Å²) in [5, 5.41) is 3.73. The summed E-state index contributed by atoms with van der Waals surface area (Å²) in [6.07, 6.45) is 0. The molecule has 0 spiro atoms. The Morgan fingerprint density at radius 2 is 1.88 bits per heavy atom. The second-order valence-electron chi connectivity index (χ2n) is 4.96. The van der Waals surface area contributed by atoms with Gasteiger partial charge in [-0.25, -0.2) is 0 Å². The molecule has 3 aromatic rings. The number of nitrogens with zero attached hydrogens (tertiary/aromatic N) is 2. The lowest BCUT2D eigenvalue weighted by atomic mass is 10.3. The number of rotatable bonds is 5. The van der Waals surface area contributed by atoms with E-state index < -0.39 is 11.8 Å². The van der Waals surface area contributed by atoms with Gasteiger partial charge in [0, 0.05) is 0 Å². The Morgan fingerprint density at radius 3 is 2.60 bits per heavy atom. The summed E-state index contributed by atoms with van der Waals surface area (Å²) >= 11 is 0.949. The average Bonchev–Trinajstić information content (AvgIpc) is 3.27. The largest absolute Gasteiger partial charge is 0.486 e. The summed E-state index contributed by atoms with van der Waals surface area (Å²) in [7, 11) is 0. The fourth-order valence-corrected chi connectivity index (χ4v) is 2.47. The predicted molar refractivity (Wildman–Crippen MR) is 89.1 cm³/mol. The van der Waals surface area contributed by atoms with Gasteiger partial charge in [-0.05, 0) is 42.7 Å². The van der Waals surface area contributed by atoms with Crippen molar-refractivity contribution < 1.29 is 18.7 Å². The van der Waals surface area contributed by atoms with E-state index in [0.717, 1.165) is 11.5 Å². The number of aromatic nitrogens is 2. The summed E-state index contributed by atoms with van der Waals surface area (Å²) in [5.41, 5.74) is 5.07. The van der Waals surface area contributed by atoms with Gasteiger partial charge >= 0.3 is 5.91 Å². The van der Waals surface area contributed by atoms with Crippen molar-refractivity contribution in [3.05, 3.63) is 64.6 Å². The van der Waals surface area contributed by atoms with E-state index in [0.29, 0.717) is 22.1 Å². The van der Waals surface area contributed by atoms with Crippen LogP contribution in [0.15, 0.2) is 46.9 Å². The number of aryl methyl sites for hydroxylation is 1. The van der Waals surface area contributed by atoms with Crippen LogP contribution in [0.5, 0.6) is 5.75 Å². The van der Waals surface area contributed by atoms with E-state index >= 15 is 0 Å². The van der Waals surface area contributed by atoms with Crippen LogP contribution < -0.4 is 15.6 Å². The lowest BCUT2D eigenvalue weighted by molar-refractivity contribution is 0.0830. The Kier molecular flexibility index (Phi) is 5.05. The SMILES string of the molecule is Cc1nnsc1C(=O)NNC(=O)c1ccc(COc2ccccc2)o1. The predicted octanol–water partition coefficient (Wildman–Crippen LogP) is 2.09. The molecule has 1 aromatic carbocycles. The monoisotopic (exact) mass is 358 g/mol. The van der Waals surface area contributed by atoms with Crippen LogP contribution in [0, 0.1) is 6.92 Å². The first-order valence-corrected chi connectivity index (χ1v) is 8.07. The number of carbonyl (C=O) groups excluding carboxylic acids is 2. The molecule has 0 aliphatic heterocycles. The van der Waals surface area contributed by atoms with Crippen molar-refractivity contribution in [2.75, 3.05) is 0 Å². The topological polar surface area (TPSA) is 106 Å². The van der Waals surface area contributed by atoms with Gasteiger partial charge in [-0.1, -0.05) is 22.7 Å². The van der Waals surface area contributed by atoms with Gasteiger partial charge in [0.25, 0.3) is 5.91 Å². The van der Waals surface area contributed by atoms with E-state index in [2.05, 4.69) is 20.4 Å². The van der Waals surface area contributed by atoms with Crippen LogP contribution in [0.25, 0.3) is 0 Å². The number of ether oxygens (including phenoxy) is 1. The normalized spacial score (nSPS) is 10.3. The Bertz CT molecular complexity index is 875. The maximum atomic E-state index is 12.0. The average molecular weight is 358 g/mol. The molecule has 3 rings (SSSR count). The van der Waals surface area contributed by atoms with Gasteiger partial charge in [0.15, 0.2) is 5.76 Å². The first kappa shape index (κ1) is 16.7. The van der Waals surface area contributed by atoms with Crippen LogP contribution >= 0.6 is 11.5 Å². The molecular formula is C16H14N4O4S. The summed E-state index contributed by atoms with van der Waals surface area (Å²) in [6.45, 7) is 1.85. The number of benzene rings is 1. The molecule has 9 heteroatoms. The third kappa shape index (κ3) is 4.21. The van der Waals surface area contributed by atoms with Gasteiger partial charge in [-0.3, -0.25) is 20.4 Å².